The largest absolute Gasteiger partial charge is 0.457 e. The lowest BCUT2D eigenvalue weighted by atomic mass is 9.99. The summed E-state index contributed by atoms with van der Waals surface area (Å²) in [4.78, 5) is 10.1. The van der Waals surface area contributed by atoms with E-state index in [0.717, 1.165) is 48.6 Å². The molecule has 0 saturated carbocycles. The zero-order valence-electron chi connectivity index (χ0n) is 47.7. The van der Waals surface area contributed by atoms with Crippen LogP contribution in [0.2, 0.25) is 51.4 Å². The van der Waals surface area contributed by atoms with Crippen LogP contribution >= 0.6 is 0 Å². The molecule has 4 aromatic rings. The second-order valence-corrected chi connectivity index (χ2v) is 35.6. The summed E-state index contributed by atoms with van der Waals surface area (Å²) in [5.74, 6) is 2.01. The Balaban J connectivity index is 1.45. The van der Waals surface area contributed by atoms with E-state index in [0.29, 0.717) is 0 Å². The summed E-state index contributed by atoms with van der Waals surface area (Å²) in [5, 5.41) is 0. The predicted molar refractivity (Wildman–Crippen MR) is 320 cm³/mol. The zero-order valence-corrected chi connectivity index (χ0v) is 49.7. The van der Waals surface area contributed by atoms with Gasteiger partial charge in [-0.15, -0.1) is 0 Å². The van der Waals surface area contributed by atoms with Gasteiger partial charge < -0.3 is 4.74 Å². The van der Waals surface area contributed by atoms with Crippen molar-refractivity contribution < 1.29 is 4.74 Å². The molecule has 0 spiro atoms. The summed E-state index contributed by atoms with van der Waals surface area (Å²) >= 11 is 0. The first kappa shape index (κ1) is 60.5. The van der Waals surface area contributed by atoms with Crippen LogP contribution in [0.3, 0.4) is 0 Å². The molecule has 0 amide bonds. The van der Waals surface area contributed by atoms with Crippen molar-refractivity contribution in [2.75, 3.05) is 0 Å². The quantitative estimate of drug-likeness (QED) is 0.0328. The first-order valence-corrected chi connectivity index (χ1v) is 37.7. The number of unbranched alkanes of at least 4 members (excludes halogenated alkanes) is 26. The molecule has 0 bridgehead atoms. The molecule has 3 nitrogen and oxygen atoms in total. The Morgan fingerprint density at radius 2 is 0.648 bits per heavy atom. The molecule has 0 aliphatic carbocycles. The Bertz CT molecular complexity index is 1800. The predicted octanol–water partition coefficient (Wildman–Crippen LogP) is 22.2. The zero-order chi connectivity index (χ0) is 50.8. The highest BCUT2D eigenvalue weighted by molar-refractivity contribution is 6.76. The maximum absolute atomic E-state index is 7.11. The molecule has 4 rings (SSSR count). The fourth-order valence-electron chi connectivity index (χ4n) is 10.3. The van der Waals surface area contributed by atoms with E-state index in [9.17, 15) is 0 Å². The molecule has 0 fully saturated rings. The summed E-state index contributed by atoms with van der Waals surface area (Å²) in [6, 6.07) is 25.8. The van der Waals surface area contributed by atoms with Crippen molar-refractivity contribution in [2.45, 2.75) is 284 Å². The second kappa shape index (κ2) is 36.0. The van der Waals surface area contributed by atoms with Gasteiger partial charge in [-0.3, -0.25) is 9.97 Å². The third kappa shape index (κ3) is 27.7. The van der Waals surface area contributed by atoms with Gasteiger partial charge in [0, 0.05) is 39.7 Å². The molecule has 0 aliphatic rings. The topological polar surface area (TPSA) is 35.0 Å². The van der Waals surface area contributed by atoms with Crippen LogP contribution in [0.25, 0.3) is 22.5 Å². The molecular formula is C66H108N2OSi2. The first-order chi connectivity index (χ1) is 34.4. The molecule has 0 aliphatic heterocycles. The highest BCUT2D eigenvalue weighted by atomic mass is 28.3. The van der Waals surface area contributed by atoms with Crippen molar-refractivity contribution in [1.29, 1.82) is 0 Å². The van der Waals surface area contributed by atoms with Gasteiger partial charge in [0.05, 0.1) is 11.4 Å². The van der Waals surface area contributed by atoms with Gasteiger partial charge in [-0.2, -0.15) is 0 Å². The van der Waals surface area contributed by atoms with E-state index in [-0.39, 0.29) is 0 Å². The molecule has 0 N–H and O–H groups in total. The minimum Gasteiger partial charge on any atom is -0.457 e. The third-order valence-corrected chi connectivity index (χ3v) is 18.7. The number of hydrogen-bond donors (Lipinski definition) is 0. The van der Waals surface area contributed by atoms with Crippen molar-refractivity contribution in [3.63, 3.8) is 0 Å². The highest BCUT2D eigenvalue weighted by Gasteiger charge is 2.15. The van der Waals surface area contributed by atoms with E-state index in [1.165, 1.54) is 238 Å². The summed E-state index contributed by atoms with van der Waals surface area (Å²) in [7, 11) is -1.79. The molecule has 71 heavy (non-hydrogen) atoms. The van der Waals surface area contributed by atoms with E-state index < -0.39 is 16.1 Å². The van der Waals surface area contributed by atoms with Gasteiger partial charge in [0.2, 0.25) is 0 Å². The lowest BCUT2D eigenvalue weighted by molar-refractivity contribution is 0.466. The fourth-order valence-corrected chi connectivity index (χ4v) is 12.9. The van der Waals surface area contributed by atoms with Crippen LogP contribution in [-0.4, -0.2) is 26.1 Å². The normalized spacial score (nSPS) is 12.0. The number of aromatic nitrogens is 2. The van der Waals surface area contributed by atoms with E-state index in [1.54, 1.807) is 0 Å². The molecule has 0 atom stereocenters. The van der Waals surface area contributed by atoms with Crippen LogP contribution in [0.5, 0.6) is 11.5 Å². The van der Waals surface area contributed by atoms with Crippen molar-refractivity contribution in [1.82, 2.24) is 9.97 Å². The second-order valence-electron chi connectivity index (χ2n) is 24.4. The SMILES string of the molecule is CCCCCCCCc1ccc(-c2ccc(Oc3ccc(-c4ccc(CCCCCCCC)cn4)cc3CCCCCCCCCCC[Si](C)(C)C)c(CCCCCCCCCCC[Si](C)(C)C)c2)nc1. The van der Waals surface area contributed by atoms with Crippen LogP contribution < -0.4 is 4.74 Å². The number of rotatable bonds is 42. The van der Waals surface area contributed by atoms with Gasteiger partial charge in [0.15, 0.2) is 0 Å². The third-order valence-electron chi connectivity index (χ3n) is 15.0. The Hall–Kier alpha value is -3.03. The van der Waals surface area contributed by atoms with Gasteiger partial charge in [0.1, 0.15) is 11.5 Å². The molecule has 0 radical (unpaired) electrons. The van der Waals surface area contributed by atoms with Crippen LogP contribution in [0.4, 0.5) is 0 Å². The van der Waals surface area contributed by atoms with Crippen molar-refractivity contribution in [3.8, 4) is 34.0 Å². The monoisotopic (exact) mass is 1000 g/mol. The lowest BCUT2D eigenvalue weighted by Crippen LogP contribution is -2.18. The Kier molecular flexibility index (Phi) is 30.7. The fraction of sp³-hybridized carbons (Fsp3) is 0.667. The maximum Gasteiger partial charge on any atom is 0.130 e. The van der Waals surface area contributed by atoms with E-state index >= 15 is 0 Å². The van der Waals surface area contributed by atoms with Gasteiger partial charge in [-0.1, -0.05) is 244 Å². The van der Waals surface area contributed by atoms with Crippen molar-refractivity contribution in [3.05, 3.63) is 95.3 Å². The minimum atomic E-state index is -0.896. The van der Waals surface area contributed by atoms with Crippen LogP contribution in [0.1, 0.15) is 229 Å². The summed E-state index contributed by atoms with van der Waals surface area (Å²) in [6.07, 6.45) is 48.9. The van der Waals surface area contributed by atoms with E-state index in [2.05, 4.69) is 126 Å². The first-order valence-electron chi connectivity index (χ1n) is 30.3. The number of ether oxygens (including phenoxy) is 1. The average Bonchev–Trinajstić information content (AvgIpc) is 3.35. The molecule has 2 aromatic heterocycles. The molecule has 396 valence electrons. The Morgan fingerprint density at radius 3 is 0.958 bits per heavy atom. The van der Waals surface area contributed by atoms with Crippen LogP contribution in [0.15, 0.2) is 73.1 Å². The van der Waals surface area contributed by atoms with Gasteiger partial charge >= 0.3 is 0 Å². The van der Waals surface area contributed by atoms with Gasteiger partial charge in [-0.25, -0.2) is 0 Å². The summed E-state index contributed by atoms with van der Waals surface area (Å²) < 4.78 is 7.11. The average molecular weight is 1000 g/mol. The highest BCUT2D eigenvalue weighted by Crippen LogP contribution is 2.35. The summed E-state index contributed by atoms with van der Waals surface area (Å²) in [6.45, 7) is 19.6. The Morgan fingerprint density at radius 1 is 0.338 bits per heavy atom. The number of hydrogen-bond acceptors (Lipinski definition) is 3. The molecule has 2 heterocycles. The van der Waals surface area contributed by atoms with Gasteiger partial charge in [0.25, 0.3) is 0 Å². The molecule has 2 aromatic carbocycles. The van der Waals surface area contributed by atoms with Gasteiger partial charge in [-0.05, 0) is 122 Å². The minimum absolute atomic E-state index is 0.896. The molecule has 5 heteroatoms. The van der Waals surface area contributed by atoms with E-state index in [1.807, 2.05) is 0 Å². The standard InChI is InChI=1S/C66H108N2OSi2/c1-9-11-13-15-27-33-39-57-43-47-63(67-55-57)59-45-49-65(61(53-59)41-35-29-23-19-17-21-25-31-37-51-70(3,4)5)69-66-50-46-60(64-48-44-58(56-68-64)40-34-28-16-14-12-10-2)54-62(66)42-36-30-24-20-18-22-26-32-38-52-71(6,7)8/h43-50,53-56H,9-42,51-52H2,1-8H3. The smallest absolute Gasteiger partial charge is 0.130 e. The van der Waals surface area contributed by atoms with Crippen molar-refractivity contribution >= 4 is 16.1 Å². The maximum atomic E-state index is 7.11. The van der Waals surface area contributed by atoms with Crippen LogP contribution in [0, 0.1) is 0 Å². The number of pyridine rings is 2. The van der Waals surface area contributed by atoms with Crippen LogP contribution in [-0.2, 0) is 25.7 Å². The molecule has 0 saturated heterocycles. The molecular weight excluding hydrogens is 893 g/mol. The lowest BCUT2D eigenvalue weighted by Gasteiger charge is -2.17. The van der Waals surface area contributed by atoms with E-state index in [4.69, 9.17) is 14.7 Å². The number of nitrogens with zero attached hydrogens (tertiary/aromatic N) is 2. The number of aryl methyl sites for hydroxylation is 4. The van der Waals surface area contributed by atoms with Crippen molar-refractivity contribution in [2.24, 2.45) is 0 Å². The molecule has 0 unspecified atom stereocenters. The number of benzene rings is 2. The Labute approximate surface area is 441 Å². The summed E-state index contributed by atoms with van der Waals surface area (Å²) in [5.41, 5.74) is 9.84.